The van der Waals surface area contributed by atoms with E-state index in [4.69, 9.17) is 16.3 Å². The Kier molecular flexibility index (Phi) is 3.85. The van der Waals surface area contributed by atoms with Crippen LogP contribution in [0.5, 0.6) is 0 Å². The maximum Gasteiger partial charge on any atom is 0.191 e. The second kappa shape index (κ2) is 5.19. The summed E-state index contributed by atoms with van der Waals surface area (Å²) in [6.45, 7) is 4.53. The number of ether oxygens (including phenoxy) is 1. The number of carbonyl (C=O) groups is 1. The maximum absolute atomic E-state index is 12.3. The Morgan fingerprint density at radius 2 is 2.06 bits per heavy atom. The molecule has 92 valence electrons. The first-order valence-corrected chi connectivity index (χ1v) is 6.40. The number of benzene rings is 1. The third kappa shape index (κ3) is 2.70. The molecule has 0 radical (unpaired) electrons. The van der Waals surface area contributed by atoms with Gasteiger partial charge >= 0.3 is 0 Å². The topological polar surface area (TPSA) is 26.3 Å². The number of carbonyl (C=O) groups excluding carboxylic acids is 1. The summed E-state index contributed by atoms with van der Waals surface area (Å²) < 4.78 is 5.54. The summed E-state index contributed by atoms with van der Waals surface area (Å²) in [4.78, 5) is 12.3. The average molecular weight is 253 g/mol. The van der Waals surface area contributed by atoms with Gasteiger partial charge in [0.05, 0.1) is 0 Å². The SMILES string of the molecule is Cc1cc(C(=O)C2CCCCO2)c(C)cc1Cl. The summed E-state index contributed by atoms with van der Waals surface area (Å²) >= 11 is 6.03. The highest BCUT2D eigenvalue weighted by atomic mass is 35.5. The van der Waals surface area contributed by atoms with E-state index in [1.54, 1.807) is 0 Å². The van der Waals surface area contributed by atoms with Crippen LogP contribution in [-0.2, 0) is 4.74 Å². The molecular formula is C14H17ClO2. The van der Waals surface area contributed by atoms with E-state index in [0.29, 0.717) is 11.6 Å². The fourth-order valence-electron chi connectivity index (χ4n) is 2.17. The summed E-state index contributed by atoms with van der Waals surface area (Å²) in [5, 5.41) is 0.712. The van der Waals surface area contributed by atoms with E-state index in [1.807, 2.05) is 26.0 Å². The minimum absolute atomic E-state index is 0.0990. The zero-order valence-corrected chi connectivity index (χ0v) is 11.0. The lowest BCUT2D eigenvalue weighted by atomic mass is 9.95. The number of rotatable bonds is 2. The summed E-state index contributed by atoms with van der Waals surface area (Å²) in [5.74, 6) is 0.0990. The van der Waals surface area contributed by atoms with Crippen LogP contribution in [0.15, 0.2) is 12.1 Å². The molecule has 1 aliphatic rings. The average Bonchev–Trinajstić information content (AvgIpc) is 2.34. The van der Waals surface area contributed by atoms with Crippen molar-refractivity contribution in [2.24, 2.45) is 0 Å². The number of hydrogen-bond acceptors (Lipinski definition) is 2. The number of aryl methyl sites for hydroxylation is 2. The fourth-order valence-corrected chi connectivity index (χ4v) is 2.39. The molecule has 1 unspecified atom stereocenters. The molecule has 1 aliphatic heterocycles. The van der Waals surface area contributed by atoms with E-state index in [2.05, 4.69) is 0 Å². The van der Waals surface area contributed by atoms with Gasteiger partial charge in [-0.2, -0.15) is 0 Å². The number of ketones is 1. The predicted octanol–water partition coefficient (Wildman–Crippen LogP) is 3.71. The highest BCUT2D eigenvalue weighted by Crippen LogP contribution is 2.24. The molecule has 0 amide bonds. The van der Waals surface area contributed by atoms with Crippen LogP contribution in [0, 0.1) is 13.8 Å². The smallest absolute Gasteiger partial charge is 0.191 e. The van der Waals surface area contributed by atoms with Gasteiger partial charge in [-0.3, -0.25) is 4.79 Å². The molecule has 2 rings (SSSR count). The Bertz CT molecular complexity index is 434. The van der Waals surface area contributed by atoms with Crippen LogP contribution in [0.25, 0.3) is 0 Å². The van der Waals surface area contributed by atoms with E-state index in [9.17, 15) is 4.79 Å². The van der Waals surface area contributed by atoms with Gasteiger partial charge in [-0.25, -0.2) is 0 Å². The molecule has 0 bridgehead atoms. The standard InChI is InChI=1S/C14H17ClO2/c1-9-8-12(15)10(2)7-11(9)14(16)13-5-3-4-6-17-13/h7-8,13H,3-6H2,1-2H3. The van der Waals surface area contributed by atoms with Crippen LogP contribution >= 0.6 is 11.6 Å². The van der Waals surface area contributed by atoms with E-state index in [-0.39, 0.29) is 11.9 Å². The van der Waals surface area contributed by atoms with Crippen LogP contribution in [0.1, 0.15) is 40.7 Å². The minimum atomic E-state index is -0.261. The van der Waals surface area contributed by atoms with Crippen LogP contribution in [0.3, 0.4) is 0 Å². The van der Waals surface area contributed by atoms with Crippen molar-refractivity contribution in [2.45, 2.75) is 39.2 Å². The summed E-state index contributed by atoms with van der Waals surface area (Å²) in [5.41, 5.74) is 2.62. The van der Waals surface area contributed by atoms with Gasteiger partial charge in [-0.05, 0) is 56.4 Å². The quantitative estimate of drug-likeness (QED) is 0.750. The lowest BCUT2D eigenvalue weighted by Crippen LogP contribution is -2.28. The van der Waals surface area contributed by atoms with Gasteiger partial charge in [-0.15, -0.1) is 0 Å². The second-order valence-electron chi connectivity index (χ2n) is 4.64. The number of Topliss-reactive ketones (excluding diaryl/α,β-unsaturated/α-hetero) is 1. The predicted molar refractivity (Wildman–Crippen MR) is 68.8 cm³/mol. The summed E-state index contributed by atoms with van der Waals surface area (Å²) in [7, 11) is 0. The Labute approximate surface area is 107 Å². The van der Waals surface area contributed by atoms with E-state index in [0.717, 1.165) is 36.0 Å². The van der Waals surface area contributed by atoms with E-state index >= 15 is 0 Å². The fraction of sp³-hybridized carbons (Fsp3) is 0.500. The van der Waals surface area contributed by atoms with Crippen molar-refractivity contribution in [3.63, 3.8) is 0 Å². The Morgan fingerprint density at radius 1 is 1.29 bits per heavy atom. The molecule has 0 spiro atoms. The molecule has 1 aromatic carbocycles. The third-order valence-electron chi connectivity index (χ3n) is 3.24. The molecule has 1 heterocycles. The largest absolute Gasteiger partial charge is 0.370 e. The Morgan fingerprint density at radius 3 is 2.71 bits per heavy atom. The lowest BCUT2D eigenvalue weighted by molar-refractivity contribution is 0.0186. The van der Waals surface area contributed by atoms with Gasteiger partial charge in [0.15, 0.2) is 5.78 Å². The highest BCUT2D eigenvalue weighted by Gasteiger charge is 2.24. The first-order chi connectivity index (χ1) is 8.09. The molecular weight excluding hydrogens is 236 g/mol. The van der Waals surface area contributed by atoms with Crippen molar-refractivity contribution in [1.82, 2.24) is 0 Å². The Balaban J connectivity index is 2.26. The molecule has 2 nitrogen and oxygen atoms in total. The van der Waals surface area contributed by atoms with E-state index in [1.165, 1.54) is 0 Å². The third-order valence-corrected chi connectivity index (χ3v) is 3.65. The molecule has 0 aliphatic carbocycles. The zero-order chi connectivity index (χ0) is 12.4. The minimum Gasteiger partial charge on any atom is -0.370 e. The maximum atomic E-state index is 12.3. The molecule has 3 heteroatoms. The van der Waals surface area contributed by atoms with Crippen LogP contribution in [0.4, 0.5) is 0 Å². The molecule has 0 saturated carbocycles. The summed E-state index contributed by atoms with van der Waals surface area (Å²) in [6.07, 6.45) is 2.70. The monoisotopic (exact) mass is 252 g/mol. The lowest BCUT2D eigenvalue weighted by Gasteiger charge is -2.22. The van der Waals surface area contributed by atoms with Crippen LogP contribution < -0.4 is 0 Å². The Hall–Kier alpha value is -0.860. The van der Waals surface area contributed by atoms with Gasteiger partial charge in [0.25, 0.3) is 0 Å². The van der Waals surface area contributed by atoms with Gasteiger partial charge < -0.3 is 4.74 Å². The molecule has 17 heavy (non-hydrogen) atoms. The molecule has 0 N–H and O–H groups in total. The van der Waals surface area contributed by atoms with Gasteiger partial charge in [-0.1, -0.05) is 11.6 Å². The molecule has 1 aromatic rings. The molecule has 1 fully saturated rings. The normalized spacial score (nSPS) is 20.3. The summed E-state index contributed by atoms with van der Waals surface area (Å²) in [6, 6.07) is 3.73. The van der Waals surface area contributed by atoms with Crippen molar-refractivity contribution in [3.8, 4) is 0 Å². The van der Waals surface area contributed by atoms with Crippen LogP contribution in [0.2, 0.25) is 5.02 Å². The van der Waals surface area contributed by atoms with Crippen LogP contribution in [-0.4, -0.2) is 18.5 Å². The zero-order valence-electron chi connectivity index (χ0n) is 10.3. The van der Waals surface area contributed by atoms with E-state index < -0.39 is 0 Å². The van der Waals surface area contributed by atoms with Gasteiger partial charge in [0.2, 0.25) is 0 Å². The number of hydrogen-bond donors (Lipinski definition) is 0. The van der Waals surface area contributed by atoms with Gasteiger partial charge in [0, 0.05) is 17.2 Å². The van der Waals surface area contributed by atoms with Crippen molar-refractivity contribution >= 4 is 17.4 Å². The molecule has 1 saturated heterocycles. The van der Waals surface area contributed by atoms with Crippen molar-refractivity contribution in [2.75, 3.05) is 6.61 Å². The first-order valence-electron chi connectivity index (χ1n) is 6.02. The highest BCUT2D eigenvalue weighted by molar-refractivity contribution is 6.31. The molecule has 0 aromatic heterocycles. The van der Waals surface area contributed by atoms with Crippen molar-refractivity contribution < 1.29 is 9.53 Å². The second-order valence-corrected chi connectivity index (χ2v) is 5.04. The van der Waals surface area contributed by atoms with Crippen molar-refractivity contribution in [1.29, 1.82) is 0 Å². The van der Waals surface area contributed by atoms with Crippen molar-refractivity contribution in [3.05, 3.63) is 33.8 Å². The molecule has 1 atom stereocenters. The number of halogens is 1. The van der Waals surface area contributed by atoms with Gasteiger partial charge in [0.1, 0.15) is 6.10 Å². The first kappa shape index (κ1) is 12.6.